The number of allylic oxidation sites excluding steroid dienone is 1. The molecular formula is C16H16N2O5. The summed E-state index contributed by atoms with van der Waals surface area (Å²) in [7, 11) is 2.85. The number of ether oxygens (including phenoxy) is 2. The Morgan fingerprint density at radius 2 is 1.91 bits per heavy atom. The van der Waals surface area contributed by atoms with E-state index in [2.05, 4.69) is 11.9 Å². The molecule has 0 bridgehead atoms. The first-order valence-electron chi connectivity index (χ1n) is 7.11. The SMILES string of the molecule is C=C1CCC(N2C(=O)c3ccc(OC)c(OC)c3C2=O)C(=O)N1. The topological polar surface area (TPSA) is 84.9 Å². The molecule has 1 aromatic carbocycles. The van der Waals surface area contributed by atoms with E-state index in [9.17, 15) is 14.4 Å². The molecule has 0 aliphatic carbocycles. The fourth-order valence-corrected chi connectivity index (χ4v) is 2.95. The van der Waals surface area contributed by atoms with Gasteiger partial charge in [-0.25, -0.2) is 0 Å². The van der Waals surface area contributed by atoms with E-state index in [1.165, 1.54) is 20.3 Å². The Hall–Kier alpha value is -2.83. The van der Waals surface area contributed by atoms with Gasteiger partial charge in [0.05, 0.1) is 25.3 Å². The Morgan fingerprint density at radius 1 is 1.17 bits per heavy atom. The van der Waals surface area contributed by atoms with Crippen LogP contribution in [0.5, 0.6) is 11.5 Å². The number of benzene rings is 1. The molecule has 2 aliphatic rings. The van der Waals surface area contributed by atoms with E-state index in [-0.39, 0.29) is 16.9 Å². The zero-order valence-corrected chi connectivity index (χ0v) is 12.8. The van der Waals surface area contributed by atoms with Gasteiger partial charge in [0, 0.05) is 5.70 Å². The van der Waals surface area contributed by atoms with Crippen LogP contribution in [0, 0.1) is 0 Å². The second kappa shape index (κ2) is 5.42. The van der Waals surface area contributed by atoms with Crippen molar-refractivity contribution < 1.29 is 23.9 Å². The van der Waals surface area contributed by atoms with Crippen LogP contribution in [-0.2, 0) is 4.79 Å². The van der Waals surface area contributed by atoms with Gasteiger partial charge < -0.3 is 14.8 Å². The highest BCUT2D eigenvalue weighted by molar-refractivity contribution is 6.24. The lowest BCUT2D eigenvalue weighted by atomic mass is 10.0. The number of carbonyl (C=O) groups is 3. The molecule has 0 radical (unpaired) electrons. The van der Waals surface area contributed by atoms with Gasteiger partial charge in [-0.1, -0.05) is 6.58 Å². The van der Waals surface area contributed by atoms with Crippen molar-refractivity contribution >= 4 is 17.7 Å². The Bertz CT molecular complexity index is 740. The van der Waals surface area contributed by atoms with Gasteiger partial charge in [-0.15, -0.1) is 0 Å². The third-order valence-electron chi connectivity index (χ3n) is 4.06. The Balaban J connectivity index is 2.04. The van der Waals surface area contributed by atoms with Gasteiger partial charge in [-0.3, -0.25) is 19.3 Å². The van der Waals surface area contributed by atoms with Gasteiger partial charge >= 0.3 is 0 Å². The summed E-state index contributed by atoms with van der Waals surface area (Å²) in [5.41, 5.74) is 0.931. The number of hydrogen-bond donors (Lipinski definition) is 1. The molecule has 1 aromatic rings. The van der Waals surface area contributed by atoms with Crippen LogP contribution in [0.1, 0.15) is 33.6 Å². The van der Waals surface area contributed by atoms with E-state index in [0.717, 1.165) is 4.90 Å². The van der Waals surface area contributed by atoms with Crippen LogP contribution < -0.4 is 14.8 Å². The number of nitrogens with zero attached hydrogens (tertiary/aromatic N) is 1. The molecule has 1 N–H and O–H groups in total. The maximum atomic E-state index is 12.7. The summed E-state index contributed by atoms with van der Waals surface area (Å²) in [6.07, 6.45) is 0.875. The molecule has 7 heteroatoms. The van der Waals surface area contributed by atoms with Crippen molar-refractivity contribution in [2.24, 2.45) is 0 Å². The van der Waals surface area contributed by atoms with Crippen molar-refractivity contribution in [1.29, 1.82) is 0 Å². The van der Waals surface area contributed by atoms with Crippen LogP contribution in [-0.4, -0.2) is 42.9 Å². The number of hydrogen-bond acceptors (Lipinski definition) is 5. The van der Waals surface area contributed by atoms with Crippen molar-refractivity contribution in [3.05, 3.63) is 35.5 Å². The van der Waals surface area contributed by atoms with Gasteiger partial charge in [0.2, 0.25) is 5.91 Å². The number of methoxy groups -OCH3 is 2. The molecule has 1 saturated heterocycles. The fraction of sp³-hybridized carbons (Fsp3) is 0.312. The molecular weight excluding hydrogens is 300 g/mol. The molecule has 3 rings (SSSR count). The summed E-state index contributed by atoms with van der Waals surface area (Å²) in [6, 6.07) is 2.23. The largest absolute Gasteiger partial charge is 0.493 e. The number of rotatable bonds is 3. The van der Waals surface area contributed by atoms with Crippen LogP contribution in [0.2, 0.25) is 0 Å². The molecule has 2 aliphatic heterocycles. The van der Waals surface area contributed by atoms with E-state index < -0.39 is 23.8 Å². The lowest BCUT2D eigenvalue weighted by Gasteiger charge is -2.29. The molecule has 7 nitrogen and oxygen atoms in total. The molecule has 23 heavy (non-hydrogen) atoms. The molecule has 1 atom stereocenters. The second-order valence-electron chi connectivity index (χ2n) is 5.35. The number of fused-ring (bicyclic) bond motifs is 1. The Kier molecular flexibility index (Phi) is 3.55. The third-order valence-corrected chi connectivity index (χ3v) is 4.06. The highest BCUT2D eigenvalue weighted by Crippen LogP contribution is 2.39. The first-order valence-corrected chi connectivity index (χ1v) is 7.11. The summed E-state index contributed by atoms with van der Waals surface area (Å²) in [4.78, 5) is 38.5. The lowest BCUT2D eigenvalue weighted by molar-refractivity contribution is -0.125. The van der Waals surface area contributed by atoms with E-state index in [0.29, 0.717) is 24.3 Å². The van der Waals surface area contributed by atoms with Crippen molar-refractivity contribution in [1.82, 2.24) is 10.2 Å². The maximum Gasteiger partial charge on any atom is 0.266 e. The number of piperidine rings is 1. The second-order valence-corrected chi connectivity index (χ2v) is 5.35. The predicted octanol–water partition coefficient (Wildman–Crippen LogP) is 1.09. The van der Waals surface area contributed by atoms with Gasteiger partial charge in [-0.05, 0) is 25.0 Å². The van der Waals surface area contributed by atoms with Crippen LogP contribution in [0.4, 0.5) is 0 Å². The summed E-state index contributed by atoms with van der Waals surface area (Å²) >= 11 is 0. The van der Waals surface area contributed by atoms with Crippen LogP contribution in [0.15, 0.2) is 24.4 Å². The van der Waals surface area contributed by atoms with Crippen molar-refractivity contribution in [3.63, 3.8) is 0 Å². The smallest absolute Gasteiger partial charge is 0.266 e. The normalized spacial score (nSPS) is 20.4. The minimum absolute atomic E-state index is 0.133. The number of carbonyl (C=O) groups excluding carboxylic acids is 3. The van der Waals surface area contributed by atoms with E-state index >= 15 is 0 Å². The molecule has 3 amide bonds. The molecule has 0 spiro atoms. The average molecular weight is 316 g/mol. The Labute approximate surface area is 132 Å². The molecule has 2 heterocycles. The van der Waals surface area contributed by atoms with Crippen LogP contribution in [0.3, 0.4) is 0 Å². The molecule has 0 saturated carbocycles. The van der Waals surface area contributed by atoms with Crippen molar-refractivity contribution in [2.45, 2.75) is 18.9 Å². The van der Waals surface area contributed by atoms with E-state index in [4.69, 9.17) is 9.47 Å². The Morgan fingerprint density at radius 3 is 2.52 bits per heavy atom. The fourth-order valence-electron chi connectivity index (χ4n) is 2.95. The molecule has 1 unspecified atom stereocenters. The minimum atomic E-state index is -0.844. The average Bonchev–Trinajstić information content (AvgIpc) is 2.78. The van der Waals surface area contributed by atoms with E-state index in [1.807, 2.05) is 0 Å². The first kappa shape index (κ1) is 15.1. The summed E-state index contributed by atoms with van der Waals surface area (Å²) in [5.74, 6) is -0.893. The highest BCUT2D eigenvalue weighted by atomic mass is 16.5. The summed E-state index contributed by atoms with van der Waals surface area (Å²) < 4.78 is 10.4. The monoisotopic (exact) mass is 316 g/mol. The van der Waals surface area contributed by atoms with Gasteiger partial charge in [0.1, 0.15) is 6.04 Å². The quantitative estimate of drug-likeness (QED) is 0.844. The van der Waals surface area contributed by atoms with Crippen molar-refractivity contribution in [3.8, 4) is 11.5 Å². The van der Waals surface area contributed by atoms with Gasteiger partial charge in [0.15, 0.2) is 11.5 Å². The number of amides is 3. The van der Waals surface area contributed by atoms with Gasteiger partial charge in [-0.2, -0.15) is 0 Å². The third kappa shape index (κ3) is 2.16. The summed E-state index contributed by atoms with van der Waals surface area (Å²) in [5, 5.41) is 2.59. The minimum Gasteiger partial charge on any atom is -0.493 e. The zero-order valence-electron chi connectivity index (χ0n) is 12.8. The standard InChI is InChI=1S/C16H16N2O5/c1-8-4-6-10(14(19)17-8)18-15(20)9-5-7-11(22-2)13(23-3)12(9)16(18)21/h5,7,10H,1,4,6H2,2-3H3,(H,17,19). The zero-order chi connectivity index (χ0) is 16.7. The molecule has 120 valence electrons. The van der Waals surface area contributed by atoms with E-state index in [1.54, 1.807) is 6.07 Å². The van der Waals surface area contributed by atoms with Crippen LogP contribution in [0.25, 0.3) is 0 Å². The summed E-state index contributed by atoms with van der Waals surface area (Å²) in [6.45, 7) is 3.70. The van der Waals surface area contributed by atoms with Gasteiger partial charge in [0.25, 0.3) is 11.8 Å². The highest BCUT2D eigenvalue weighted by Gasteiger charge is 2.46. The first-order chi connectivity index (χ1) is 11.0. The van der Waals surface area contributed by atoms with Crippen molar-refractivity contribution in [2.75, 3.05) is 14.2 Å². The maximum absolute atomic E-state index is 12.7. The predicted molar refractivity (Wildman–Crippen MR) is 80.4 cm³/mol. The number of imide groups is 1. The molecule has 0 aromatic heterocycles. The molecule has 1 fully saturated rings. The van der Waals surface area contributed by atoms with Crippen LogP contribution >= 0.6 is 0 Å². The lowest BCUT2D eigenvalue weighted by Crippen LogP contribution is -2.51. The number of nitrogens with one attached hydrogen (secondary N) is 1.